The van der Waals surface area contributed by atoms with Gasteiger partial charge in [-0.25, -0.2) is 0 Å². The van der Waals surface area contributed by atoms with Crippen molar-refractivity contribution in [3.8, 4) is 0 Å². The molecule has 3 rings (SSSR count). The van der Waals surface area contributed by atoms with Crippen LogP contribution in [0.5, 0.6) is 0 Å². The Morgan fingerprint density at radius 3 is 2.58 bits per heavy atom. The third-order valence-electron chi connectivity index (χ3n) is 3.94. The molecule has 1 N–H and O–H groups in total. The Morgan fingerprint density at radius 1 is 1.21 bits per heavy atom. The molecule has 3 heteroatoms. The highest BCUT2D eigenvalue weighted by molar-refractivity contribution is 9.10. The number of rotatable bonds is 4. The van der Waals surface area contributed by atoms with Crippen LogP contribution in [-0.2, 0) is 0 Å². The third-order valence-corrected chi connectivity index (χ3v) is 5.52. The molecular weight excluding hydrogens is 318 g/mol. The minimum Gasteiger partial charge on any atom is -0.307 e. The van der Waals surface area contributed by atoms with E-state index in [1.54, 1.807) is 0 Å². The predicted octanol–water partition coefficient (Wildman–Crippen LogP) is 5.11. The number of thiophene rings is 1. The lowest BCUT2D eigenvalue weighted by atomic mass is 9.75. The highest BCUT2D eigenvalue weighted by Gasteiger charge is 2.31. The Labute approximate surface area is 127 Å². The summed E-state index contributed by atoms with van der Waals surface area (Å²) in [6.07, 6.45) is 2.52. The first kappa shape index (κ1) is 13.3. The summed E-state index contributed by atoms with van der Waals surface area (Å²) in [4.78, 5) is 1.44. The SMILES string of the molecule is C[C@H](NC1CC(c2ccc(Br)cc2)C1)c1cccs1. The van der Waals surface area contributed by atoms with Gasteiger partial charge in [-0.3, -0.25) is 0 Å². The summed E-state index contributed by atoms with van der Waals surface area (Å²) in [5.41, 5.74) is 1.48. The Balaban J connectivity index is 1.51. The van der Waals surface area contributed by atoms with Gasteiger partial charge in [-0.1, -0.05) is 34.1 Å². The summed E-state index contributed by atoms with van der Waals surface area (Å²) >= 11 is 5.33. The van der Waals surface area contributed by atoms with Gasteiger partial charge < -0.3 is 5.32 Å². The summed E-state index contributed by atoms with van der Waals surface area (Å²) in [6, 6.07) is 14.3. The summed E-state index contributed by atoms with van der Waals surface area (Å²) in [5.74, 6) is 0.737. The van der Waals surface area contributed by atoms with Gasteiger partial charge in [0.25, 0.3) is 0 Å². The van der Waals surface area contributed by atoms with Gasteiger partial charge in [0.1, 0.15) is 0 Å². The monoisotopic (exact) mass is 335 g/mol. The molecule has 1 aliphatic rings. The van der Waals surface area contributed by atoms with Crippen molar-refractivity contribution in [1.82, 2.24) is 5.32 Å². The molecule has 0 aliphatic heterocycles. The lowest BCUT2D eigenvalue weighted by Crippen LogP contribution is -2.41. The van der Waals surface area contributed by atoms with Crippen LogP contribution in [0.2, 0.25) is 0 Å². The fourth-order valence-electron chi connectivity index (χ4n) is 2.73. The topological polar surface area (TPSA) is 12.0 Å². The van der Waals surface area contributed by atoms with Crippen LogP contribution < -0.4 is 5.32 Å². The molecule has 1 aromatic carbocycles. The number of benzene rings is 1. The van der Waals surface area contributed by atoms with Gasteiger partial charge in [-0.15, -0.1) is 11.3 Å². The van der Waals surface area contributed by atoms with Crippen molar-refractivity contribution in [1.29, 1.82) is 0 Å². The smallest absolute Gasteiger partial charge is 0.0388 e. The van der Waals surface area contributed by atoms with Crippen molar-refractivity contribution in [2.24, 2.45) is 0 Å². The van der Waals surface area contributed by atoms with E-state index < -0.39 is 0 Å². The maximum absolute atomic E-state index is 3.73. The highest BCUT2D eigenvalue weighted by atomic mass is 79.9. The molecule has 1 heterocycles. The third kappa shape index (κ3) is 3.10. The van der Waals surface area contributed by atoms with Crippen molar-refractivity contribution in [3.05, 3.63) is 56.7 Å². The first-order chi connectivity index (χ1) is 9.22. The first-order valence-electron chi connectivity index (χ1n) is 6.77. The molecule has 1 nitrogen and oxygen atoms in total. The van der Waals surface area contributed by atoms with Crippen LogP contribution in [0, 0.1) is 0 Å². The normalized spacial score (nSPS) is 23.9. The van der Waals surface area contributed by atoms with Gasteiger partial charge in [-0.05, 0) is 54.8 Å². The van der Waals surface area contributed by atoms with Crippen LogP contribution in [0.3, 0.4) is 0 Å². The molecule has 100 valence electrons. The molecule has 1 aliphatic carbocycles. The number of halogens is 1. The molecule has 0 spiro atoms. The highest BCUT2D eigenvalue weighted by Crippen LogP contribution is 2.38. The van der Waals surface area contributed by atoms with Gasteiger partial charge in [0.2, 0.25) is 0 Å². The second-order valence-electron chi connectivity index (χ2n) is 5.32. The van der Waals surface area contributed by atoms with Crippen LogP contribution in [0.15, 0.2) is 46.3 Å². The largest absolute Gasteiger partial charge is 0.307 e. The molecule has 0 amide bonds. The summed E-state index contributed by atoms with van der Waals surface area (Å²) < 4.78 is 1.16. The van der Waals surface area contributed by atoms with Crippen molar-refractivity contribution in [2.45, 2.75) is 37.8 Å². The van der Waals surface area contributed by atoms with Gasteiger partial charge in [0.05, 0.1) is 0 Å². The zero-order valence-corrected chi connectivity index (χ0v) is 13.4. The molecule has 0 radical (unpaired) electrons. The Bertz CT molecular complexity index is 514. The summed E-state index contributed by atoms with van der Waals surface area (Å²) in [6.45, 7) is 2.26. The first-order valence-corrected chi connectivity index (χ1v) is 8.44. The van der Waals surface area contributed by atoms with E-state index in [1.165, 1.54) is 23.3 Å². The van der Waals surface area contributed by atoms with E-state index in [4.69, 9.17) is 0 Å². The van der Waals surface area contributed by atoms with E-state index >= 15 is 0 Å². The molecule has 0 unspecified atom stereocenters. The standard InChI is InChI=1S/C16H18BrNS/c1-11(16-3-2-8-19-16)18-15-9-13(10-15)12-4-6-14(17)7-5-12/h2-8,11,13,15,18H,9-10H2,1H3/t11-,13?,15?/m0/s1. The van der Waals surface area contributed by atoms with E-state index in [0.717, 1.165) is 10.4 Å². The van der Waals surface area contributed by atoms with Crippen molar-refractivity contribution in [2.75, 3.05) is 0 Å². The molecule has 1 aromatic heterocycles. The molecule has 1 saturated carbocycles. The van der Waals surface area contributed by atoms with Gasteiger partial charge in [0, 0.05) is 21.4 Å². The fourth-order valence-corrected chi connectivity index (χ4v) is 3.74. The molecule has 19 heavy (non-hydrogen) atoms. The second kappa shape index (κ2) is 5.78. The van der Waals surface area contributed by atoms with Crippen molar-refractivity contribution in [3.63, 3.8) is 0 Å². The van der Waals surface area contributed by atoms with Gasteiger partial charge >= 0.3 is 0 Å². The lowest BCUT2D eigenvalue weighted by Gasteiger charge is -2.38. The average Bonchev–Trinajstić information content (AvgIpc) is 2.88. The summed E-state index contributed by atoms with van der Waals surface area (Å²) in [7, 11) is 0. The van der Waals surface area contributed by atoms with Crippen LogP contribution >= 0.6 is 27.3 Å². The van der Waals surface area contributed by atoms with E-state index in [-0.39, 0.29) is 0 Å². The fraction of sp³-hybridized carbons (Fsp3) is 0.375. The maximum atomic E-state index is 3.73. The van der Waals surface area contributed by atoms with E-state index in [9.17, 15) is 0 Å². The maximum Gasteiger partial charge on any atom is 0.0388 e. The molecular formula is C16H18BrNS. The van der Waals surface area contributed by atoms with E-state index in [1.807, 2.05) is 11.3 Å². The predicted molar refractivity (Wildman–Crippen MR) is 85.8 cm³/mol. The average molecular weight is 336 g/mol. The minimum atomic E-state index is 0.482. The van der Waals surface area contributed by atoms with E-state index in [0.29, 0.717) is 12.1 Å². The molecule has 0 bridgehead atoms. The molecule has 1 fully saturated rings. The van der Waals surface area contributed by atoms with Crippen molar-refractivity contribution < 1.29 is 0 Å². The zero-order chi connectivity index (χ0) is 13.2. The Kier molecular flexibility index (Phi) is 4.06. The van der Waals surface area contributed by atoms with Crippen LogP contribution in [0.25, 0.3) is 0 Å². The summed E-state index contributed by atoms with van der Waals surface area (Å²) in [5, 5.41) is 5.88. The van der Waals surface area contributed by atoms with Crippen LogP contribution in [0.1, 0.15) is 42.2 Å². The molecule has 1 atom stereocenters. The Morgan fingerprint density at radius 2 is 1.95 bits per heavy atom. The van der Waals surface area contributed by atoms with E-state index in [2.05, 4.69) is 69.9 Å². The number of hydrogen-bond acceptors (Lipinski definition) is 2. The number of hydrogen-bond donors (Lipinski definition) is 1. The zero-order valence-electron chi connectivity index (χ0n) is 11.0. The molecule has 0 saturated heterocycles. The number of nitrogens with one attached hydrogen (secondary N) is 1. The Hall–Kier alpha value is -0.640. The quantitative estimate of drug-likeness (QED) is 0.818. The second-order valence-corrected chi connectivity index (χ2v) is 7.22. The van der Waals surface area contributed by atoms with Crippen LogP contribution in [-0.4, -0.2) is 6.04 Å². The van der Waals surface area contributed by atoms with Gasteiger partial charge in [0.15, 0.2) is 0 Å². The molecule has 2 aromatic rings. The lowest BCUT2D eigenvalue weighted by molar-refractivity contribution is 0.272. The van der Waals surface area contributed by atoms with Crippen LogP contribution in [0.4, 0.5) is 0 Å². The minimum absolute atomic E-state index is 0.482. The van der Waals surface area contributed by atoms with Gasteiger partial charge in [-0.2, -0.15) is 0 Å². The van der Waals surface area contributed by atoms with Crippen molar-refractivity contribution >= 4 is 27.3 Å².